The third-order valence-corrected chi connectivity index (χ3v) is 23.5. The van der Waals surface area contributed by atoms with E-state index in [0.717, 1.165) is 67.1 Å². The van der Waals surface area contributed by atoms with Crippen LogP contribution in [0.4, 0.5) is 0 Å². The maximum atomic E-state index is 13.4. The summed E-state index contributed by atoms with van der Waals surface area (Å²) in [6.45, 7) is 8.13. The first-order valence-corrected chi connectivity index (χ1v) is 36.0. The van der Waals surface area contributed by atoms with E-state index in [-0.39, 0.29) is 44.6 Å². The molecule has 0 fully saturated rings. The second-order valence-electron chi connectivity index (χ2n) is 23.0. The van der Waals surface area contributed by atoms with Crippen LogP contribution in [0.25, 0.3) is 33.4 Å². The first kappa shape index (κ1) is 66.1. The minimum Gasteiger partial charge on any atom is -0.497 e. The Balaban J connectivity index is 0.000000194. The number of methoxy groups -OCH3 is 2. The van der Waals surface area contributed by atoms with Crippen LogP contribution in [0.2, 0.25) is 0 Å². The lowest BCUT2D eigenvalue weighted by atomic mass is 9.78. The fourth-order valence-electron chi connectivity index (χ4n) is 10.5. The van der Waals surface area contributed by atoms with Crippen molar-refractivity contribution >= 4 is 39.3 Å². The van der Waals surface area contributed by atoms with E-state index in [2.05, 4.69) is 26.0 Å². The molecule has 12 aromatic rings. The number of benzene rings is 12. The maximum absolute atomic E-state index is 13.4. The molecule has 12 aromatic carbocycles. The topological polar surface area (TPSA) is 173 Å². The number of rotatable bonds is 19. The van der Waals surface area contributed by atoms with Gasteiger partial charge in [-0.25, -0.2) is 33.7 Å². The Morgan fingerprint density at radius 3 is 0.600 bits per heavy atom. The SMILES string of the molecule is COc1ccc(-c2ccc(Oc3ccc(S(=O)(=O)c4ccc(-c5ccc(S(=O)(=O)c6ccc(C)cc6)cc5)cc4)cc3)cc2)cc1.COc1ccc(C(C)(C)c2ccc(Oc3ccc(S(=O)(=O)c4ccc(-c5ccc(S(=O)(=O)c6ccc(C)cc6)cc5)cc4)cc3)cc2)cc1. The second kappa shape index (κ2) is 27.7. The normalized spacial score (nSPS) is 11.8. The highest BCUT2D eigenvalue weighted by atomic mass is 32.2. The first-order chi connectivity index (χ1) is 45.5. The van der Waals surface area contributed by atoms with Crippen LogP contribution in [0.5, 0.6) is 34.5 Å². The largest absolute Gasteiger partial charge is 0.497 e. The van der Waals surface area contributed by atoms with Crippen LogP contribution in [0.15, 0.2) is 330 Å². The average Bonchev–Trinajstić information content (AvgIpc) is 0.951. The monoisotopic (exact) mass is 1330 g/mol. The predicted molar refractivity (Wildman–Crippen MR) is 371 cm³/mol. The second-order valence-corrected chi connectivity index (χ2v) is 30.8. The Morgan fingerprint density at radius 2 is 0.379 bits per heavy atom. The van der Waals surface area contributed by atoms with Gasteiger partial charge in [-0.2, -0.15) is 0 Å². The molecular weight excluding hydrogens is 1270 g/mol. The number of sulfone groups is 4. The molecule has 0 aliphatic carbocycles. The standard InChI is InChI=1S/C41H36O6S2.C38H30O6S2/c1-29-5-21-37(22-6-29)48(42,43)38-23-7-30(8-24-38)31-9-25-39(26-10-31)49(44,45)40-27-19-36(20-28-40)47-35-17-13-33(14-18-35)41(2,3)32-11-15-34(46-4)16-12-32;1-27-3-19-35(20-4-27)45(39,40)36-21-9-30(10-22-36)31-11-23-37(24-12-31)46(41,42)38-25-17-34(18-26-38)44-33-15-7-29(8-16-33)28-5-13-32(43-2)14-6-28/h5-28H,1-4H3;3-26H,1-2H3. The van der Waals surface area contributed by atoms with Gasteiger partial charge in [0, 0.05) is 5.41 Å². The van der Waals surface area contributed by atoms with E-state index < -0.39 is 39.3 Å². The van der Waals surface area contributed by atoms with Crippen LogP contribution in [0.1, 0.15) is 36.1 Å². The zero-order chi connectivity index (χ0) is 67.1. The zero-order valence-corrected chi connectivity index (χ0v) is 56.0. The Morgan fingerprint density at radius 1 is 0.221 bits per heavy atom. The molecule has 0 amide bonds. The summed E-state index contributed by atoms with van der Waals surface area (Å²) >= 11 is 0. The molecule has 0 saturated carbocycles. The van der Waals surface area contributed by atoms with Gasteiger partial charge in [0.2, 0.25) is 39.3 Å². The highest BCUT2D eigenvalue weighted by Crippen LogP contribution is 2.37. The maximum Gasteiger partial charge on any atom is 0.206 e. The van der Waals surface area contributed by atoms with Crippen molar-refractivity contribution in [1.82, 2.24) is 0 Å². The van der Waals surface area contributed by atoms with Crippen LogP contribution in [-0.2, 0) is 44.8 Å². The Bertz CT molecular complexity index is 5110. The molecule has 12 rings (SSSR count). The van der Waals surface area contributed by atoms with Crippen molar-refractivity contribution in [2.45, 2.75) is 72.3 Å². The molecule has 0 saturated heterocycles. The summed E-state index contributed by atoms with van der Waals surface area (Å²) in [6, 6.07) is 83.7. The summed E-state index contributed by atoms with van der Waals surface area (Å²) in [4.78, 5) is 1.45. The third-order valence-electron chi connectivity index (χ3n) is 16.4. The zero-order valence-electron chi connectivity index (χ0n) is 52.7. The fourth-order valence-corrected chi connectivity index (χ4v) is 15.6. The quantitative estimate of drug-likeness (QED) is 0.0751. The molecule has 0 aromatic heterocycles. The van der Waals surface area contributed by atoms with Crippen LogP contribution in [-0.4, -0.2) is 47.9 Å². The number of ether oxygens (including phenoxy) is 4. The summed E-state index contributed by atoms with van der Waals surface area (Å²) in [7, 11) is -11.6. The van der Waals surface area contributed by atoms with Crippen LogP contribution in [0, 0.1) is 13.8 Å². The van der Waals surface area contributed by atoms with Gasteiger partial charge >= 0.3 is 0 Å². The van der Waals surface area contributed by atoms with E-state index in [1.54, 1.807) is 184 Å². The molecule has 0 atom stereocenters. The summed E-state index contributed by atoms with van der Waals surface area (Å²) < 4.78 is 128. The summed E-state index contributed by atoms with van der Waals surface area (Å²) in [5.74, 6) is 3.91. The van der Waals surface area contributed by atoms with Gasteiger partial charge in [-0.3, -0.25) is 0 Å². The van der Waals surface area contributed by atoms with Crippen molar-refractivity contribution < 1.29 is 52.6 Å². The molecule has 0 bridgehead atoms. The molecule has 0 N–H and O–H groups in total. The number of hydrogen-bond acceptors (Lipinski definition) is 12. The summed E-state index contributed by atoms with van der Waals surface area (Å²) in [5.41, 5.74) is 9.17. The minimum absolute atomic E-state index is 0.146. The minimum atomic E-state index is -3.78. The molecule has 0 spiro atoms. The summed E-state index contributed by atoms with van der Waals surface area (Å²) in [6.07, 6.45) is 0. The van der Waals surface area contributed by atoms with E-state index in [0.29, 0.717) is 23.0 Å². The molecule has 12 nitrogen and oxygen atoms in total. The van der Waals surface area contributed by atoms with Crippen LogP contribution in [0.3, 0.4) is 0 Å². The van der Waals surface area contributed by atoms with Gasteiger partial charge in [-0.1, -0.05) is 146 Å². The van der Waals surface area contributed by atoms with Gasteiger partial charge < -0.3 is 18.9 Å². The van der Waals surface area contributed by atoms with Crippen molar-refractivity contribution in [2.24, 2.45) is 0 Å². The van der Waals surface area contributed by atoms with Crippen molar-refractivity contribution in [3.8, 4) is 67.9 Å². The Hall–Kier alpha value is -10.4. The summed E-state index contributed by atoms with van der Waals surface area (Å²) in [5, 5.41) is 0. The molecule has 478 valence electrons. The smallest absolute Gasteiger partial charge is 0.206 e. The van der Waals surface area contributed by atoms with Crippen molar-refractivity contribution in [1.29, 1.82) is 0 Å². The van der Waals surface area contributed by atoms with Gasteiger partial charge in [0.1, 0.15) is 34.5 Å². The van der Waals surface area contributed by atoms with Crippen LogP contribution >= 0.6 is 0 Å². The third kappa shape index (κ3) is 14.9. The average molecular weight is 1340 g/mol. The lowest BCUT2D eigenvalue weighted by Gasteiger charge is -2.26. The predicted octanol–water partition coefficient (Wildman–Crippen LogP) is 18.2. The number of aryl methyl sites for hydroxylation is 2. The van der Waals surface area contributed by atoms with Gasteiger partial charge in [0.05, 0.1) is 53.4 Å². The molecule has 16 heteroatoms. The Kier molecular flexibility index (Phi) is 19.3. The fraction of sp³-hybridized carbons (Fsp3) is 0.0886. The molecule has 0 unspecified atom stereocenters. The molecule has 95 heavy (non-hydrogen) atoms. The molecule has 0 aliphatic rings. The number of hydrogen-bond donors (Lipinski definition) is 0. The van der Waals surface area contributed by atoms with Gasteiger partial charge in [0.15, 0.2) is 0 Å². The Labute approximate surface area is 556 Å². The van der Waals surface area contributed by atoms with Gasteiger partial charge in [-0.05, 0) is 228 Å². The van der Waals surface area contributed by atoms with E-state index in [9.17, 15) is 33.7 Å². The molecule has 0 heterocycles. The van der Waals surface area contributed by atoms with E-state index in [1.807, 2.05) is 98.8 Å². The lowest BCUT2D eigenvalue weighted by Crippen LogP contribution is -2.18. The molecule has 0 radical (unpaired) electrons. The van der Waals surface area contributed by atoms with Crippen molar-refractivity contribution in [2.75, 3.05) is 14.2 Å². The first-order valence-electron chi connectivity index (χ1n) is 30.1. The van der Waals surface area contributed by atoms with E-state index in [1.165, 1.54) is 24.3 Å². The lowest BCUT2D eigenvalue weighted by molar-refractivity contribution is 0.414. The van der Waals surface area contributed by atoms with Crippen molar-refractivity contribution in [3.05, 3.63) is 313 Å². The molecule has 0 aliphatic heterocycles. The van der Waals surface area contributed by atoms with Gasteiger partial charge in [0.25, 0.3) is 0 Å². The van der Waals surface area contributed by atoms with Gasteiger partial charge in [-0.15, -0.1) is 0 Å². The molecular formula is C79H66O12S4. The highest BCUT2D eigenvalue weighted by Gasteiger charge is 2.25. The van der Waals surface area contributed by atoms with Crippen LogP contribution < -0.4 is 18.9 Å². The van der Waals surface area contributed by atoms with E-state index >= 15 is 0 Å². The van der Waals surface area contributed by atoms with Crippen molar-refractivity contribution in [3.63, 3.8) is 0 Å². The highest BCUT2D eigenvalue weighted by molar-refractivity contribution is 7.92. The van der Waals surface area contributed by atoms with E-state index in [4.69, 9.17) is 18.9 Å².